The van der Waals surface area contributed by atoms with Crippen LogP contribution in [0.4, 0.5) is 37.0 Å². The second kappa shape index (κ2) is 13.1. The third-order valence-corrected chi connectivity index (χ3v) is 8.18. The summed E-state index contributed by atoms with van der Waals surface area (Å²) in [5.41, 5.74) is -0.285. The Balaban J connectivity index is 1.19. The topological polar surface area (TPSA) is 74.8 Å². The number of aromatic nitrogens is 1. The first-order valence-corrected chi connectivity index (χ1v) is 14.2. The van der Waals surface area contributed by atoms with Gasteiger partial charge in [0.15, 0.2) is 11.6 Å². The van der Waals surface area contributed by atoms with Gasteiger partial charge in [-0.25, -0.2) is 22.9 Å². The maximum Gasteiger partial charge on any atom is 0.417 e. The Morgan fingerprint density at radius 3 is 2.30 bits per heavy atom. The molecule has 2 aliphatic rings. The van der Waals surface area contributed by atoms with Crippen LogP contribution in [0.3, 0.4) is 0 Å². The molecule has 2 fully saturated rings. The van der Waals surface area contributed by atoms with E-state index in [1.807, 2.05) is 4.90 Å². The molecule has 2 atom stereocenters. The molecule has 0 unspecified atom stereocenters. The van der Waals surface area contributed by atoms with Gasteiger partial charge < -0.3 is 19.9 Å². The number of carbonyl (C=O) groups is 2. The van der Waals surface area contributed by atoms with Crippen molar-refractivity contribution in [3.05, 3.63) is 89.4 Å². The van der Waals surface area contributed by atoms with Crippen LogP contribution in [-0.2, 0) is 11.0 Å². The molecule has 0 bridgehead atoms. The lowest BCUT2D eigenvalue weighted by molar-refractivity contribution is -0.138. The van der Waals surface area contributed by atoms with Gasteiger partial charge in [-0.15, -0.1) is 0 Å². The molecule has 2 aliphatic heterocycles. The van der Waals surface area contributed by atoms with Gasteiger partial charge in [-0.2, -0.15) is 13.2 Å². The van der Waals surface area contributed by atoms with Crippen molar-refractivity contribution in [1.29, 1.82) is 0 Å². The number of rotatable bonds is 7. The lowest BCUT2D eigenvalue weighted by Gasteiger charge is -2.34. The Morgan fingerprint density at radius 1 is 0.932 bits per heavy atom. The van der Waals surface area contributed by atoms with Crippen LogP contribution in [0.5, 0.6) is 5.75 Å². The molecule has 234 valence electrons. The van der Waals surface area contributed by atoms with Crippen molar-refractivity contribution in [2.45, 2.75) is 31.4 Å². The molecule has 1 aromatic heterocycles. The lowest BCUT2D eigenvalue weighted by Crippen LogP contribution is -2.42. The van der Waals surface area contributed by atoms with Crippen molar-refractivity contribution < 1.29 is 40.7 Å². The highest BCUT2D eigenvalue weighted by Gasteiger charge is 2.39. The van der Waals surface area contributed by atoms with E-state index in [9.17, 15) is 35.9 Å². The molecule has 2 aromatic carbocycles. The number of piperidine rings is 1. The number of hydrogen-bond acceptors (Lipinski definition) is 5. The molecule has 0 aliphatic carbocycles. The van der Waals surface area contributed by atoms with Gasteiger partial charge in [-0.3, -0.25) is 4.79 Å². The van der Waals surface area contributed by atoms with E-state index in [1.165, 1.54) is 24.3 Å². The number of amides is 2. The molecule has 1 N–H and O–H groups in total. The van der Waals surface area contributed by atoms with Crippen LogP contribution in [0.25, 0.3) is 0 Å². The van der Waals surface area contributed by atoms with Gasteiger partial charge in [0, 0.05) is 50.8 Å². The van der Waals surface area contributed by atoms with Gasteiger partial charge in [-0.05, 0) is 79.3 Å². The SMILES string of the molecule is O=C(NCC[C@@H]1CN(C(=O)C2CCN(c3ccc(C(F)(F)F)cn3)CC2)C[C@H]1c1ccc(F)c(F)c1)Oc1ccc(F)cc1. The van der Waals surface area contributed by atoms with E-state index >= 15 is 0 Å². The predicted molar refractivity (Wildman–Crippen MR) is 148 cm³/mol. The Morgan fingerprint density at radius 2 is 1.66 bits per heavy atom. The molecule has 3 heterocycles. The van der Waals surface area contributed by atoms with Gasteiger partial charge in [0.05, 0.1) is 5.56 Å². The van der Waals surface area contributed by atoms with Crippen molar-refractivity contribution in [2.75, 3.05) is 37.6 Å². The van der Waals surface area contributed by atoms with E-state index in [0.29, 0.717) is 50.3 Å². The van der Waals surface area contributed by atoms with Crippen LogP contribution in [0.1, 0.15) is 36.3 Å². The van der Waals surface area contributed by atoms with Crippen LogP contribution in [-0.4, -0.2) is 54.6 Å². The van der Waals surface area contributed by atoms with E-state index < -0.39 is 35.3 Å². The Kier molecular flexibility index (Phi) is 9.31. The number of carbonyl (C=O) groups excluding carboxylic acids is 2. The van der Waals surface area contributed by atoms with Crippen molar-refractivity contribution >= 4 is 17.8 Å². The lowest BCUT2D eigenvalue weighted by atomic mass is 9.87. The third kappa shape index (κ3) is 7.43. The molecule has 2 saturated heterocycles. The number of likely N-dealkylation sites (tertiary alicyclic amines) is 1. The van der Waals surface area contributed by atoms with Gasteiger partial charge in [0.25, 0.3) is 0 Å². The average molecular weight is 621 g/mol. The van der Waals surface area contributed by atoms with Gasteiger partial charge in [0.2, 0.25) is 5.91 Å². The van der Waals surface area contributed by atoms with E-state index in [-0.39, 0.29) is 42.5 Å². The first-order valence-electron chi connectivity index (χ1n) is 14.2. The largest absolute Gasteiger partial charge is 0.417 e. The summed E-state index contributed by atoms with van der Waals surface area (Å²) in [6.07, 6.45) is -3.03. The summed E-state index contributed by atoms with van der Waals surface area (Å²) in [5.74, 6) is -2.73. The zero-order valence-corrected chi connectivity index (χ0v) is 23.5. The molecule has 0 saturated carbocycles. The summed E-state index contributed by atoms with van der Waals surface area (Å²) in [4.78, 5) is 33.3. The minimum atomic E-state index is -4.47. The monoisotopic (exact) mass is 620 g/mol. The number of anilines is 1. The van der Waals surface area contributed by atoms with Crippen LogP contribution < -0.4 is 15.0 Å². The molecule has 13 heteroatoms. The fraction of sp³-hybridized carbons (Fsp3) is 0.387. The zero-order valence-electron chi connectivity index (χ0n) is 23.5. The molecule has 7 nitrogen and oxygen atoms in total. The number of ether oxygens (including phenoxy) is 1. The molecular formula is C31H30F6N4O3. The summed E-state index contributed by atoms with van der Waals surface area (Å²) in [5, 5.41) is 2.64. The fourth-order valence-electron chi connectivity index (χ4n) is 5.82. The van der Waals surface area contributed by atoms with Crippen LogP contribution in [0.2, 0.25) is 0 Å². The number of halogens is 6. The molecule has 3 aromatic rings. The number of nitrogens with one attached hydrogen (secondary N) is 1. The second-order valence-electron chi connectivity index (χ2n) is 11.0. The van der Waals surface area contributed by atoms with Crippen molar-refractivity contribution in [1.82, 2.24) is 15.2 Å². The maximum atomic E-state index is 14.1. The average Bonchev–Trinajstić information content (AvgIpc) is 3.43. The van der Waals surface area contributed by atoms with E-state index in [2.05, 4.69) is 10.3 Å². The maximum absolute atomic E-state index is 14.1. The predicted octanol–water partition coefficient (Wildman–Crippen LogP) is 6.16. The van der Waals surface area contributed by atoms with E-state index in [1.54, 1.807) is 4.90 Å². The zero-order chi connectivity index (χ0) is 31.4. The molecule has 0 spiro atoms. The normalized spacial score (nSPS) is 19.2. The Labute approximate surface area is 249 Å². The first kappa shape index (κ1) is 31.1. The summed E-state index contributed by atoms with van der Waals surface area (Å²) in [6, 6.07) is 10.9. The third-order valence-electron chi connectivity index (χ3n) is 8.18. The number of pyridine rings is 1. The van der Waals surface area contributed by atoms with E-state index in [0.717, 1.165) is 36.5 Å². The number of hydrogen-bond donors (Lipinski definition) is 1. The molecule has 44 heavy (non-hydrogen) atoms. The van der Waals surface area contributed by atoms with Crippen LogP contribution in [0.15, 0.2) is 60.8 Å². The quantitative estimate of drug-likeness (QED) is 0.321. The van der Waals surface area contributed by atoms with Gasteiger partial charge in [-0.1, -0.05) is 6.07 Å². The van der Waals surface area contributed by atoms with Crippen molar-refractivity contribution in [3.8, 4) is 5.75 Å². The van der Waals surface area contributed by atoms with Crippen molar-refractivity contribution in [2.24, 2.45) is 11.8 Å². The molecule has 2 amide bonds. The minimum Gasteiger partial charge on any atom is -0.410 e. The Hall–Kier alpha value is -4.29. The fourth-order valence-corrected chi connectivity index (χ4v) is 5.82. The van der Waals surface area contributed by atoms with Gasteiger partial charge in [0.1, 0.15) is 17.4 Å². The second-order valence-corrected chi connectivity index (χ2v) is 11.0. The highest BCUT2D eigenvalue weighted by Crippen LogP contribution is 2.37. The smallest absolute Gasteiger partial charge is 0.410 e. The highest BCUT2D eigenvalue weighted by molar-refractivity contribution is 5.79. The van der Waals surface area contributed by atoms with Crippen LogP contribution >= 0.6 is 0 Å². The highest BCUT2D eigenvalue weighted by atomic mass is 19.4. The molecule has 5 rings (SSSR count). The van der Waals surface area contributed by atoms with E-state index in [4.69, 9.17) is 4.74 Å². The van der Waals surface area contributed by atoms with Crippen molar-refractivity contribution in [3.63, 3.8) is 0 Å². The summed E-state index contributed by atoms with van der Waals surface area (Å²) in [7, 11) is 0. The number of benzene rings is 2. The number of alkyl halides is 3. The molecular weight excluding hydrogens is 590 g/mol. The first-order chi connectivity index (χ1) is 21.0. The molecule has 0 radical (unpaired) electrons. The standard InChI is InChI=1S/C31H30F6N4O3/c32-23-3-5-24(6-4-23)44-30(43)38-12-9-21-17-41(18-25(21)20-1-7-26(33)27(34)15-20)29(42)19-10-13-40(14-11-19)28-8-2-22(16-39-28)31(35,36)37/h1-8,15-16,19,21,25H,9-14,17-18H2,(H,38,43)/t21-,25+/m1/s1. The van der Waals surface area contributed by atoms with Gasteiger partial charge >= 0.3 is 12.3 Å². The number of nitrogens with zero attached hydrogens (tertiary/aromatic N) is 3. The van der Waals surface area contributed by atoms with Crippen LogP contribution in [0, 0.1) is 29.3 Å². The minimum absolute atomic E-state index is 0.0798. The summed E-state index contributed by atoms with van der Waals surface area (Å²) in [6.45, 7) is 1.70. The summed E-state index contributed by atoms with van der Waals surface area (Å²) >= 11 is 0. The Bertz CT molecular complexity index is 1460. The summed E-state index contributed by atoms with van der Waals surface area (Å²) < 4.78 is 84.7.